The van der Waals surface area contributed by atoms with E-state index in [1.54, 1.807) is 0 Å². The maximum Gasteiger partial charge on any atom is 0.233 e. The lowest BCUT2D eigenvalue weighted by molar-refractivity contribution is -0.228. The smallest absolute Gasteiger partial charge is 0.233 e. The first-order valence-corrected chi connectivity index (χ1v) is 13.3. The van der Waals surface area contributed by atoms with Crippen LogP contribution in [0, 0.1) is 0 Å². The topological polar surface area (TPSA) is 79.7 Å². The molecule has 2 unspecified atom stereocenters. The maximum atomic E-state index is 6.67. The summed E-state index contributed by atoms with van der Waals surface area (Å²) in [6, 6.07) is 9.04. The summed E-state index contributed by atoms with van der Waals surface area (Å²) in [5.74, 6) is 1.83. The van der Waals surface area contributed by atoms with Crippen molar-refractivity contribution in [2.45, 2.75) is 103 Å². The molecule has 4 N–H and O–H groups in total. The summed E-state index contributed by atoms with van der Waals surface area (Å²) in [4.78, 5) is 0. The molecule has 0 fully saturated rings. The highest BCUT2D eigenvalue weighted by molar-refractivity contribution is 5.55. The van der Waals surface area contributed by atoms with Crippen LogP contribution >= 0.6 is 0 Å². The molecule has 0 amide bonds. The van der Waals surface area contributed by atoms with E-state index in [-0.39, 0.29) is 10.8 Å². The summed E-state index contributed by atoms with van der Waals surface area (Å²) in [7, 11) is 0. The van der Waals surface area contributed by atoms with Crippen LogP contribution in [0.5, 0.6) is 11.5 Å². The quantitative estimate of drug-likeness (QED) is 0.431. The number of benzene rings is 2. The van der Waals surface area contributed by atoms with Gasteiger partial charge in [0.1, 0.15) is 11.5 Å². The molecule has 0 radical (unpaired) electrons. The molecule has 0 spiro atoms. The van der Waals surface area contributed by atoms with Gasteiger partial charge in [-0.15, -0.1) is 0 Å². The molecule has 35 heavy (non-hydrogen) atoms. The second-order valence-corrected chi connectivity index (χ2v) is 12.2. The van der Waals surface area contributed by atoms with Crippen molar-refractivity contribution in [2.24, 2.45) is 11.5 Å². The van der Waals surface area contributed by atoms with E-state index < -0.39 is 12.6 Å². The lowest BCUT2D eigenvalue weighted by Gasteiger charge is -2.42. The monoisotopic (exact) mass is 480 g/mol. The van der Waals surface area contributed by atoms with E-state index in [1.165, 1.54) is 22.3 Å². The third-order valence-electron chi connectivity index (χ3n) is 7.01. The summed E-state index contributed by atoms with van der Waals surface area (Å²) >= 11 is 0. The zero-order valence-electron chi connectivity index (χ0n) is 22.5. The van der Waals surface area contributed by atoms with Gasteiger partial charge in [0.05, 0.1) is 11.1 Å². The van der Waals surface area contributed by atoms with Crippen LogP contribution in [0.2, 0.25) is 0 Å². The largest absolute Gasteiger partial charge is 0.459 e. The molecule has 2 aromatic carbocycles. The van der Waals surface area contributed by atoms with Gasteiger partial charge in [-0.1, -0.05) is 53.7 Å². The van der Waals surface area contributed by atoms with Crippen molar-refractivity contribution >= 4 is 0 Å². The van der Waals surface area contributed by atoms with Crippen LogP contribution in [-0.4, -0.2) is 13.1 Å². The predicted octanol–water partition coefficient (Wildman–Crippen LogP) is 6.34. The van der Waals surface area contributed by atoms with E-state index in [1.807, 2.05) is 0 Å². The minimum absolute atomic E-state index is 0.0664. The second kappa shape index (κ2) is 10.1. The Labute approximate surface area is 211 Å². The normalized spacial score (nSPS) is 19.0. The van der Waals surface area contributed by atoms with Crippen LogP contribution in [0.4, 0.5) is 0 Å². The first-order valence-electron chi connectivity index (χ1n) is 13.3. The highest BCUT2D eigenvalue weighted by atomic mass is 16.8. The van der Waals surface area contributed by atoms with Gasteiger partial charge in [0.15, 0.2) is 0 Å². The first kappa shape index (κ1) is 26.0. The van der Waals surface area contributed by atoms with E-state index in [0.717, 1.165) is 74.2 Å². The Balaban J connectivity index is 1.77. The lowest BCUT2D eigenvalue weighted by Crippen LogP contribution is -2.33. The fourth-order valence-corrected chi connectivity index (χ4v) is 5.05. The van der Waals surface area contributed by atoms with E-state index in [2.05, 4.69) is 65.8 Å². The summed E-state index contributed by atoms with van der Waals surface area (Å²) in [6.07, 6.45) is 5.20. The third-order valence-corrected chi connectivity index (χ3v) is 7.01. The Bertz CT molecular complexity index is 966. The van der Waals surface area contributed by atoms with Crippen molar-refractivity contribution < 1.29 is 14.2 Å². The number of unbranched alkanes of at least 4 members (excludes halogenated alkanes) is 2. The van der Waals surface area contributed by atoms with Crippen LogP contribution in [-0.2, 0) is 28.4 Å². The van der Waals surface area contributed by atoms with Gasteiger partial charge in [0.2, 0.25) is 12.6 Å². The molecule has 192 valence electrons. The second-order valence-electron chi connectivity index (χ2n) is 12.2. The molecule has 0 aliphatic carbocycles. The molecule has 2 aliphatic heterocycles. The minimum Gasteiger partial charge on any atom is -0.459 e. The Morgan fingerprint density at radius 1 is 0.629 bits per heavy atom. The van der Waals surface area contributed by atoms with Gasteiger partial charge >= 0.3 is 0 Å². The fourth-order valence-electron chi connectivity index (χ4n) is 5.05. The molecule has 0 saturated heterocycles. The molecule has 2 heterocycles. The van der Waals surface area contributed by atoms with Crippen molar-refractivity contribution in [3.05, 3.63) is 57.6 Å². The molecule has 2 aromatic rings. The fraction of sp³-hybridized carbons (Fsp3) is 0.600. The van der Waals surface area contributed by atoms with Gasteiger partial charge in [-0.2, -0.15) is 0 Å². The molecular formula is C30H44N2O3. The summed E-state index contributed by atoms with van der Waals surface area (Å²) < 4.78 is 19.7. The van der Waals surface area contributed by atoms with Gasteiger partial charge in [0.25, 0.3) is 0 Å². The zero-order valence-corrected chi connectivity index (χ0v) is 22.5. The van der Waals surface area contributed by atoms with Crippen molar-refractivity contribution in [3.8, 4) is 11.5 Å². The van der Waals surface area contributed by atoms with Crippen LogP contribution in [0.15, 0.2) is 24.3 Å². The molecule has 2 bridgehead atoms. The molecule has 0 saturated carbocycles. The van der Waals surface area contributed by atoms with Crippen LogP contribution in [0.25, 0.3) is 0 Å². The van der Waals surface area contributed by atoms with Crippen molar-refractivity contribution in [2.75, 3.05) is 13.1 Å². The molecule has 2 aliphatic rings. The van der Waals surface area contributed by atoms with Crippen LogP contribution in [0.1, 0.15) is 113 Å². The number of aryl methyl sites for hydroxylation is 2. The third kappa shape index (κ3) is 5.52. The number of hydrogen-bond acceptors (Lipinski definition) is 5. The Morgan fingerprint density at radius 2 is 1.03 bits per heavy atom. The molecule has 2 atom stereocenters. The predicted molar refractivity (Wildman–Crippen MR) is 142 cm³/mol. The highest BCUT2D eigenvalue weighted by Crippen LogP contribution is 2.53. The molecule has 5 heteroatoms. The molecule has 5 nitrogen and oxygen atoms in total. The van der Waals surface area contributed by atoms with E-state index in [9.17, 15) is 0 Å². The van der Waals surface area contributed by atoms with Crippen LogP contribution < -0.4 is 20.9 Å². The Morgan fingerprint density at radius 3 is 1.37 bits per heavy atom. The van der Waals surface area contributed by atoms with Gasteiger partial charge < -0.3 is 20.9 Å². The number of hydrogen-bond donors (Lipinski definition) is 2. The van der Waals surface area contributed by atoms with E-state index in [0.29, 0.717) is 0 Å². The van der Waals surface area contributed by atoms with E-state index >= 15 is 0 Å². The van der Waals surface area contributed by atoms with Crippen molar-refractivity contribution in [3.63, 3.8) is 0 Å². The Kier molecular flexibility index (Phi) is 7.51. The van der Waals surface area contributed by atoms with Crippen LogP contribution in [0.3, 0.4) is 0 Å². The van der Waals surface area contributed by atoms with Crippen molar-refractivity contribution in [1.82, 2.24) is 0 Å². The number of ether oxygens (including phenoxy) is 3. The average molecular weight is 481 g/mol. The van der Waals surface area contributed by atoms with Gasteiger partial charge in [-0.25, -0.2) is 0 Å². The van der Waals surface area contributed by atoms with E-state index in [4.69, 9.17) is 25.7 Å². The summed E-state index contributed by atoms with van der Waals surface area (Å²) in [5.41, 5.74) is 18.3. The molecular weight excluding hydrogens is 436 g/mol. The number of fused-ring (bicyclic) bond motifs is 6. The average Bonchev–Trinajstić information content (AvgIpc) is 2.78. The van der Waals surface area contributed by atoms with Gasteiger partial charge in [0, 0.05) is 11.1 Å². The zero-order chi connectivity index (χ0) is 25.4. The summed E-state index contributed by atoms with van der Waals surface area (Å²) in [5, 5.41) is 0. The molecule has 4 rings (SSSR count). The lowest BCUT2D eigenvalue weighted by atomic mass is 9.81. The minimum atomic E-state index is -0.476. The number of rotatable bonds is 8. The molecule has 0 aromatic heterocycles. The standard InChI is InChI=1S/C30H44N2O3/c1-29(2,3)23-17-19(11-7-9-13-31)15-21-25(23)33-28-22-16-20(12-8-10-14-32)18-24(30(4,5)6)26(22)34-27(21)35-28/h15-18,27-28H,7-14,31-32H2,1-6H3. The first-order chi connectivity index (χ1) is 16.5. The Hall–Kier alpha value is -2.08. The highest BCUT2D eigenvalue weighted by Gasteiger charge is 2.42. The maximum absolute atomic E-state index is 6.67. The van der Waals surface area contributed by atoms with Gasteiger partial charge in [-0.3, -0.25) is 4.74 Å². The van der Waals surface area contributed by atoms with Crippen molar-refractivity contribution in [1.29, 1.82) is 0 Å². The summed E-state index contributed by atoms with van der Waals surface area (Å²) in [6.45, 7) is 14.9. The SMILES string of the molecule is CC(C)(C)c1cc(CCCCN)cc2c1OC1OC2Oc2c1cc(CCCCN)cc2C(C)(C)C. The van der Waals surface area contributed by atoms with Gasteiger partial charge in [-0.05, 0) is 85.7 Å². The number of nitrogens with two attached hydrogens (primary N) is 2.